The lowest BCUT2D eigenvalue weighted by Crippen LogP contribution is -2.41. The van der Waals surface area contributed by atoms with Crippen LogP contribution in [-0.2, 0) is 6.54 Å². The van der Waals surface area contributed by atoms with Crippen LogP contribution in [0.15, 0.2) is 12.4 Å². The molecule has 1 aromatic rings. The van der Waals surface area contributed by atoms with Gasteiger partial charge in [0.25, 0.3) is 0 Å². The minimum Gasteiger partial charge on any atom is -0.379 e. The summed E-state index contributed by atoms with van der Waals surface area (Å²) in [6.45, 7) is 2.66. The van der Waals surface area contributed by atoms with Crippen LogP contribution in [0.25, 0.3) is 0 Å². The summed E-state index contributed by atoms with van der Waals surface area (Å²) in [7, 11) is 0. The molecule has 0 saturated heterocycles. The summed E-state index contributed by atoms with van der Waals surface area (Å²) in [5, 5.41) is 7.05. The molecular formula is C12H18F3N3. The minimum absolute atomic E-state index is 0.225. The van der Waals surface area contributed by atoms with E-state index >= 15 is 0 Å². The van der Waals surface area contributed by atoms with Crippen molar-refractivity contribution in [2.45, 2.75) is 51.4 Å². The maximum absolute atomic E-state index is 12.9. The van der Waals surface area contributed by atoms with Crippen LogP contribution in [0.5, 0.6) is 0 Å². The standard InChI is InChI=1S/C12H18F3N3/c1-2-18-8-9(7-16-18)17-11-6-4-3-5-10(11)12(13,14)15/h7-8,10-11,17H,2-6H2,1H3. The maximum atomic E-state index is 12.9. The van der Waals surface area contributed by atoms with E-state index in [4.69, 9.17) is 0 Å². The van der Waals surface area contributed by atoms with Gasteiger partial charge in [0.2, 0.25) is 0 Å². The van der Waals surface area contributed by atoms with Gasteiger partial charge in [0.05, 0.1) is 17.8 Å². The van der Waals surface area contributed by atoms with Crippen LogP contribution < -0.4 is 5.32 Å². The third-order valence-corrected chi connectivity index (χ3v) is 3.50. The van der Waals surface area contributed by atoms with E-state index in [1.165, 1.54) is 0 Å². The van der Waals surface area contributed by atoms with E-state index < -0.39 is 18.1 Å². The number of anilines is 1. The van der Waals surface area contributed by atoms with Crippen LogP contribution in [-0.4, -0.2) is 22.0 Å². The van der Waals surface area contributed by atoms with Gasteiger partial charge >= 0.3 is 6.18 Å². The molecule has 1 aliphatic rings. The van der Waals surface area contributed by atoms with E-state index in [1.807, 2.05) is 6.92 Å². The molecule has 0 amide bonds. The number of nitrogens with zero attached hydrogens (tertiary/aromatic N) is 2. The average Bonchev–Trinajstić information content (AvgIpc) is 2.76. The van der Waals surface area contributed by atoms with Gasteiger partial charge in [-0.15, -0.1) is 0 Å². The molecule has 1 heterocycles. The van der Waals surface area contributed by atoms with Crippen molar-refractivity contribution >= 4 is 5.69 Å². The van der Waals surface area contributed by atoms with Crippen molar-refractivity contribution in [3.63, 3.8) is 0 Å². The topological polar surface area (TPSA) is 29.9 Å². The molecule has 0 spiro atoms. The fourth-order valence-corrected chi connectivity index (χ4v) is 2.52. The van der Waals surface area contributed by atoms with Crippen molar-refractivity contribution in [2.24, 2.45) is 5.92 Å². The Morgan fingerprint density at radius 1 is 1.39 bits per heavy atom. The van der Waals surface area contributed by atoms with Gasteiger partial charge in [0.1, 0.15) is 0 Å². The zero-order valence-corrected chi connectivity index (χ0v) is 10.4. The van der Waals surface area contributed by atoms with Crippen molar-refractivity contribution in [3.05, 3.63) is 12.4 Å². The lowest BCUT2D eigenvalue weighted by atomic mass is 9.84. The van der Waals surface area contributed by atoms with Crippen LogP contribution in [0.4, 0.5) is 18.9 Å². The van der Waals surface area contributed by atoms with Crippen LogP contribution in [0.2, 0.25) is 0 Å². The van der Waals surface area contributed by atoms with Crippen molar-refractivity contribution in [1.82, 2.24) is 9.78 Å². The molecular weight excluding hydrogens is 243 g/mol. The summed E-state index contributed by atoms with van der Waals surface area (Å²) in [4.78, 5) is 0. The van der Waals surface area contributed by atoms with Crippen LogP contribution >= 0.6 is 0 Å². The summed E-state index contributed by atoms with van der Waals surface area (Å²) < 4.78 is 40.4. The van der Waals surface area contributed by atoms with Gasteiger partial charge in [0.15, 0.2) is 0 Å². The molecule has 0 aliphatic heterocycles. The third kappa shape index (κ3) is 2.97. The first-order valence-electron chi connectivity index (χ1n) is 6.36. The van der Waals surface area contributed by atoms with Gasteiger partial charge in [0, 0.05) is 18.8 Å². The van der Waals surface area contributed by atoms with E-state index in [0.717, 1.165) is 13.0 Å². The number of alkyl halides is 3. The molecule has 1 aromatic heterocycles. The Labute approximate surface area is 104 Å². The van der Waals surface area contributed by atoms with Crippen molar-refractivity contribution < 1.29 is 13.2 Å². The van der Waals surface area contributed by atoms with Crippen LogP contribution in [0.3, 0.4) is 0 Å². The highest BCUT2D eigenvalue weighted by molar-refractivity contribution is 5.39. The summed E-state index contributed by atoms with van der Waals surface area (Å²) >= 11 is 0. The number of halogens is 3. The zero-order valence-electron chi connectivity index (χ0n) is 10.4. The lowest BCUT2D eigenvalue weighted by Gasteiger charge is -2.33. The zero-order chi connectivity index (χ0) is 13.2. The number of aryl methyl sites for hydroxylation is 1. The summed E-state index contributed by atoms with van der Waals surface area (Å²) in [5.74, 6) is -1.24. The summed E-state index contributed by atoms with van der Waals surface area (Å²) in [6, 6.07) is -0.520. The Kier molecular flexibility index (Phi) is 3.82. The molecule has 1 fully saturated rings. The number of hydrogen-bond acceptors (Lipinski definition) is 2. The Morgan fingerprint density at radius 3 is 2.72 bits per heavy atom. The lowest BCUT2D eigenvalue weighted by molar-refractivity contribution is -0.184. The number of rotatable bonds is 3. The maximum Gasteiger partial charge on any atom is 0.393 e. The molecule has 18 heavy (non-hydrogen) atoms. The predicted octanol–water partition coefficient (Wildman–Crippen LogP) is 3.44. The molecule has 0 bridgehead atoms. The van der Waals surface area contributed by atoms with E-state index in [9.17, 15) is 13.2 Å². The first kappa shape index (κ1) is 13.2. The van der Waals surface area contributed by atoms with E-state index in [1.54, 1.807) is 17.1 Å². The van der Waals surface area contributed by atoms with Gasteiger partial charge in [-0.1, -0.05) is 12.8 Å². The number of nitrogens with one attached hydrogen (secondary N) is 1. The molecule has 2 atom stereocenters. The predicted molar refractivity (Wildman–Crippen MR) is 63.3 cm³/mol. The molecule has 1 N–H and O–H groups in total. The second-order valence-electron chi connectivity index (χ2n) is 4.77. The highest BCUT2D eigenvalue weighted by Crippen LogP contribution is 2.38. The van der Waals surface area contributed by atoms with Gasteiger partial charge in [-0.25, -0.2) is 0 Å². The number of hydrogen-bond donors (Lipinski definition) is 1. The monoisotopic (exact) mass is 261 g/mol. The average molecular weight is 261 g/mol. The highest BCUT2D eigenvalue weighted by atomic mass is 19.4. The second kappa shape index (κ2) is 5.20. The van der Waals surface area contributed by atoms with E-state index in [2.05, 4.69) is 10.4 Å². The van der Waals surface area contributed by atoms with Crippen LogP contribution in [0, 0.1) is 5.92 Å². The third-order valence-electron chi connectivity index (χ3n) is 3.50. The SMILES string of the molecule is CCn1cc(NC2CCCCC2C(F)(F)F)cn1. The minimum atomic E-state index is -4.11. The molecule has 1 saturated carbocycles. The van der Waals surface area contributed by atoms with Crippen LogP contribution in [0.1, 0.15) is 32.6 Å². The molecule has 0 radical (unpaired) electrons. The molecule has 2 rings (SSSR count). The Bertz CT molecular complexity index is 386. The number of aromatic nitrogens is 2. The second-order valence-corrected chi connectivity index (χ2v) is 4.77. The molecule has 6 heteroatoms. The Balaban J connectivity index is 2.05. The summed E-state index contributed by atoms with van der Waals surface area (Å²) in [5.41, 5.74) is 0.679. The molecule has 2 unspecified atom stereocenters. The molecule has 0 aromatic carbocycles. The van der Waals surface area contributed by atoms with Gasteiger partial charge < -0.3 is 5.32 Å². The van der Waals surface area contributed by atoms with Gasteiger partial charge in [-0.05, 0) is 19.8 Å². The highest BCUT2D eigenvalue weighted by Gasteiger charge is 2.45. The Morgan fingerprint density at radius 2 is 2.11 bits per heavy atom. The van der Waals surface area contributed by atoms with Crippen molar-refractivity contribution in [3.8, 4) is 0 Å². The van der Waals surface area contributed by atoms with Crippen molar-refractivity contribution in [2.75, 3.05) is 5.32 Å². The summed E-state index contributed by atoms with van der Waals surface area (Å²) in [6.07, 6.45) is 1.54. The fourth-order valence-electron chi connectivity index (χ4n) is 2.52. The van der Waals surface area contributed by atoms with E-state index in [0.29, 0.717) is 18.5 Å². The first-order valence-corrected chi connectivity index (χ1v) is 6.36. The normalized spacial score (nSPS) is 25.1. The largest absolute Gasteiger partial charge is 0.393 e. The molecule has 3 nitrogen and oxygen atoms in total. The van der Waals surface area contributed by atoms with Gasteiger partial charge in [-0.2, -0.15) is 18.3 Å². The smallest absolute Gasteiger partial charge is 0.379 e. The van der Waals surface area contributed by atoms with E-state index in [-0.39, 0.29) is 6.42 Å². The molecule has 1 aliphatic carbocycles. The quantitative estimate of drug-likeness (QED) is 0.903. The first-order chi connectivity index (χ1) is 8.50. The fraction of sp³-hybridized carbons (Fsp3) is 0.750. The van der Waals surface area contributed by atoms with Crippen molar-refractivity contribution in [1.29, 1.82) is 0 Å². The van der Waals surface area contributed by atoms with Gasteiger partial charge in [-0.3, -0.25) is 4.68 Å². The molecule has 102 valence electrons. The Hall–Kier alpha value is -1.20.